The maximum Gasteiger partial charge on any atom is 0.258 e. The molecule has 0 aliphatic rings. The van der Waals surface area contributed by atoms with Gasteiger partial charge >= 0.3 is 0 Å². The van der Waals surface area contributed by atoms with Gasteiger partial charge in [0.15, 0.2) is 17.5 Å². The summed E-state index contributed by atoms with van der Waals surface area (Å²) in [7, 11) is 0. The molecule has 0 aliphatic heterocycles. The molecule has 4 nitrogen and oxygen atoms in total. The summed E-state index contributed by atoms with van der Waals surface area (Å²) in [4.78, 5) is 4.01. The fraction of sp³-hybridized carbons (Fsp3) is 0. The Bertz CT molecular complexity index is 794. The van der Waals surface area contributed by atoms with Crippen LogP contribution in [0.1, 0.15) is 0 Å². The van der Waals surface area contributed by atoms with E-state index >= 15 is 0 Å². The number of hydrogen-bond donors (Lipinski definition) is 1. The smallest absolute Gasteiger partial charge is 0.258 e. The van der Waals surface area contributed by atoms with E-state index < -0.39 is 17.5 Å². The second-order valence-electron chi connectivity index (χ2n) is 4.30. The van der Waals surface area contributed by atoms with E-state index in [1.807, 2.05) is 0 Å². The summed E-state index contributed by atoms with van der Waals surface area (Å²) < 4.78 is 44.2. The first kappa shape index (κ1) is 13.2. The maximum atomic E-state index is 13.2. The van der Waals surface area contributed by atoms with E-state index in [4.69, 9.17) is 10.3 Å². The van der Waals surface area contributed by atoms with Crippen LogP contribution in [0.15, 0.2) is 40.9 Å². The first-order valence-corrected chi connectivity index (χ1v) is 5.89. The van der Waals surface area contributed by atoms with Crippen molar-refractivity contribution in [2.24, 2.45) is 0 Å². The molecule has 0 aliphatic carbocycles. The second kappa shape index (κ2) is 4.93. The van der Waals surface area contributed by atoms with E-state index in [1.165, 1.54) is 0 Å². The summed E-state index contributed by atoms with van der Waals surface area (Å²) in [6.45, 7) is 0. The van der Waals surface area contributed by atoms with Crippen LogP contribution in [0.25, 0.3) is 22.8 Å². The molecule has 0 radical (unpaired) electrons. The molecule has 0 unspecified atom stereocenters. The SMILES string of the molecule is Nc1cccc(-c2noc(-c3cc(F)c(F)c(F)c3)n2)c1. The fourth-order valence-corrected chi connectivity index (χ4v) is 1.81. The van der Waals surface area contributed by atoms with Crippen LogP contribution in [0.5, 0.6) is 0 Å². The number of hydrogen-bond acceptors (Lipinski definition) is 4. The van der Waals surface area contributed by atoms with Gasteiger partial charge in [-0.05, 0) is 24.3 Å². The normalized spacial score (nSPS) is 10.8. The van der Waals surface area contributed by atoms with Crippen LogP contribution in [-0.2, 0) is 0 Å². The van der Waals surface area contributed by atoms with Crippen LogP contribution < -0.4 is 5.73 Å². The topological polar surface area (TPSA) is 64.9 Å². The Labute approximate surface area is 117 Å². The van der Waals surface area contributed by atoms with Crippen molar-refractivity contribution < 1.29 is 17.7 Å². The number of rotatable bonds is 2. The standard InChI is InChI=1S/C14H8F3N3O/c15-10-5-8(6-11(16)12(10)17)14-19-13(20-21-14)7-2-1-3-9(18)4-7/h1-6H,18H2. The van der Waals surface area contributed by atoms with E-state index in [2.05, 4.69) is 10.1 Å². The van der Waals surface area contributed by atoms with Crippen molar-refractivity contribution in [3.8, 4) is 22.8 Å². The van der Waals surface area contributed by atoms with Gasteiger partial charge in [0.25, 0.3) is 5.89 Å². The monoisotopic (exact) mass is 291 g/mol. The van der Waals surface area contributed by atoms with Gasteiger partial charge in [-0.2, -0.15) is 4.98 Å². The third kappa shape index (κ3) is 2.45. The Morgan fingerprint density at radius 3 is 2.33 bits per heavy atom. The first-order valence-electron chi connectivity index (χ1n) is 5.89. The zero-order valence-electron chi connectivity index (χ0n) is 10.5. The summed E-state index contributed by atoms with van der Waals surface area (Å²) in [6, 6.07) is 8.30. The van der Waals surface area contributed by atoms with Gasteiger partial charge in [-0.25, -0.2) is 13.2 Å². The number of aromatic nitrogens is 2. The highest BCUT2D eigenvalue weighted by molar-refractivity contribution is 5.63. The van der Waals surface area contributed by atoms with Crippen molar-refractivity contribution >= 4 is 5.69 Å². The summed E-state index contributed by atoms with van der Waals surface area (Å²) in [5, 5.41) is 3.71. The predicted octanol–water partition coefficient (Wildman–Crippen LogP) is 3.40. The van der Waals surface area contributed by atoms with Crippen molar-refractivity contribution in [1.29, 1.82) is 0 Å². The lowest BCUT2D eigenvalue weighted by molar-refractivity contribution is 0.427. The number of benzene rings is 2. The molecule has 0 amide bonds. The lowest BCUT2D eigenvalue weighted by Gasteiger charge is -1.98. The zero-order chi connectivity index (χ0) is 15.0. The zero-order valence-corrected chi connectivity index (χ0v) is 10.5. The van der Waals surface area contributed by atoms with Crippen molar-refractivity contribution in [2.45, 2.75) is 0 Å². The highest BCUT2D eigenvalue weighted by Crippen LogP contribution is 2.25. The van der Waals surface area contributed by atoms with Gasteiger partial charge in [0.2, 0.25) is 5.82 Å². The van der Waals surface area contributed by atoms with Gasteiger partial charge in [0.1, 0.15) is 0 Å². The van der Waals surface area contributed by atoms with Crippen LogP contribution in [0.2, 0.25) is 0 Å². The molecule has 1 aromatic heterocycles. The minimum atomic E-state index is -1.55. The van der Waals surface area contributed by atoms with E-state index in [1.54, 1.807) is 24.3 Å². The van der Waals surface area contributed by atoms with Gasteiger partial charge in [0.05, 0.1) is 0 Å². The Hall–Kier alpha value is -2.83. The molecule has 106 valence electrons. The van der Waals surface area contributed by atoms with E-state index in [0.717, 1.165) is 12.1 Å². The quantitative estimate of drug-likeness (QED) is 0.580. The summed E-state index contributed by atoms with van der Waals surface area (Å²) in [5.41, 5.74) is 6.70. The van der Waals surface area contributed by atoms with Crippen LogP contribution in [0, 0.1) is 17.5 Å². The largest absolute Gasteiger partial charge is 0.399 e. The summed E-state index contributed by atoms with van der Waals surface area (Å²) in [5.74, 6) is -4.11. The average molecular weight is 291 g/mol. The maximum absolute atomic E-state index is 13.2. The molecule has 3 aromatic rings. The van der Waals surface area contributed by atoms with Crippen molar-refractivity contribution in [3.05, 3.63) is 53.8 Å². The van der Waals surface area contributed by atoms with Crippen molar-refractivity contribution in [3.63, 3.8) is 0 Å². The van der Waals surface area contributed by atoms with Gasteiger partial charge in [-0.15, -0.1) is 0 Å². The van der Waals surface area contributed by atoms with Gasteiger partial charge in [-0.1, -0.05) is 17.3 Å². The number of anilines is 1. The molecule has 0 saturated carbocycles. The van der Waals surface area contributed by atoms with Crippen LogP contribution >= 0.6 is 0 Å². The molecule has 0 bridgehead atoms. The number of nitrogen functional groups attached to an aromatic ring is 1. The molecule has 7 heteroatoms. The van der Waals surface area contributed by atoms with E-state index in [0.29, 0.717) is 11.3 Å². The van der Waals surface area contributed by atoms with E-state index in [-0.39, 0.29) is 17.3 Å². The molecule has 0 atom stereocenters. The lowest BCUT2D eigenvalue weighted by Crippen LogP contribution is -1.92. The Balaban J connectivity index is 2.02. The average Bonchev–Trinajstić information content (AvgIpc) is 2.94. The second-order valence-corrected chi connectivity index (χ2v) is 4.30. The Kier molecular flexibility index (Phi) is 3.09. The molecule has 0 spiro atoms. The van der Waals surface area contributed by atoms with Crippen LogP contribution in [0.3, 0.4) is 0 Å². The molecule has 2 N–H and O–H groups in total. The highest BCUT2D eigenvalue weighted by atomic mass is 19.2. The molecule has 3 rings (SSSR count). The van der Waals surface area contributed by atoms with Crippen molar-refractivity contribution in [1.82, 2.24) is 10.1 Å². The van der Waals surface area contributed by atoms with Gasteiger partial charge in [0, 0.05) is 16.8 Å². The lowest BCUT2D eigenvalue weighted by atomic mass is 10.2. The molecular weight excluding hydrogens is 283 g/mol. The fourth-order valence-electron chi connectivity index (χ4n) is 1.81. The number of nitrogens with two attached hydrogens (primary N) is 1. The molecule has 0 fully saturated rings. The molecule has 1 heterocycles. The van der Waals surface area contributed by atoms with Crippen LogP contribution in [0.4, 0.5) is 18.9 Å². The minimum Gasteiger partial charge on any atom is -0.399 e. The third-order valence-corrected chi connectivity index (χ3v) is 2.80. The Morgan fingerprint density at radius 2 is 1.67 bits per heavy atom. The number of halogens is 3. The minimum absolute atomic E-state index is 0.0472. The highest BCUT2D eigenvalue weighted by Gasteiger charge is 2.16. The summed E-state index contributed by atoms with van der Waals surface area (Å²) >= 11 is 0. The van der Waals surface area contributed by atoms with Crippen LogP contribution in [-0.4, -0.2) is 10.1 Å². The molecular formula is C14H8F3N3O. The van der Waals surface area contributed by atoms with E-state index in [9.17, 15) is 13.2 Å². The van der Waals surface area contributed by atoms with Gasteiger partial charge in [-0.3, -0.25) is 0 Å². The third-order valence-electron chi connectivity index (χ3n) is 2.80. The molecule has 0 saturated heterocycles. The molecule has 2 aromatic carbocycles. The van der Waals surface area contributed by atoms with Crippen molar-refractivity contribution in [2.75, 3.05) is 5.73 Å². The first-order chi connectivity index (χ1) is 10.0. The number of nitrogens with zero attached hydrogens (tertiary/aromatic N) is 2. The Morgan fingerprint density at radius 1 is 0.952 bits per heavy atom. The summed E-state index contributed by atoms with van der Waals surface area (Å²) in [6.07, 6.45) is 0. The van der Waals surface area contributed by atoms with Gasteiger partial charge < -0.3 is 10.3 Å². The predicted molar refractivity (Wildman–Crippen MR) is 69.5 cm³/mol. The molecule has 21 heavy (non-hydrogen) atoms.